The van der Waals surface area contributed by atoms with Crippen molar-refractivity contribution in [3.8, 4) is 0 Å². The molecule has 34 heavy (non-hydrogen) atoms. The van der Waals surface area contributed by atoms with Crippen LogP contribution in [0.4, 0.5) is 5.69 Å². The number of amides is 2. The van der Waals surface area contributed by atoms with Gasteiger partial charge in [-0.3, -0.25) is 9.59 Å². The lowest BCUT2D eigenvalue weighted by molar-refractivity contribution is -0.130. The number of nitrogens with zero attached hydrogens (tertiary/aromatic N) is 1. The molecule has 0 saturated carbocycles. The lowest BCUT2D eigenvalue weighted by atomic mass is 9.87. The topological polar surface area (TPSA) is 61.4 Å². The van der Waals surface area contributed by atoms with E-state index < -0.39 is 0 Å². The van der Waals surface area contributed by atoms with Crippen molar-refractivity contribution in [3.05, 3.63) is 64.2 Å². The van der Waals surface area contributed by atoms with E-state index in [1.54, 1.807) is 0 Å². The minimum absolute atomic E-state index is 0.0264. The number of anilines is 1. The standard InChI is InChI=1S/C29H39N3O2/c1-19(2)16-32-17-25(28(33)30-15-22-11-20(3)10-21(4)12-22)13-26(18-32)29(34)31-27-9-8-23-6-5-7-24(23)14-27/h8-12,14,19,25-26H,5-7,13,15-18H2,1-4H3,(H,30,33)(H,31,34)/t25-,26+/m0/s1. The number of likely N-dealkylation sites (tertiary alicyclic amines) is 1. The average Bonchev–Trinajstić information content (AvgIpc) is 3.24. The van der Waals surface area contributed by atoms with Gasteiger partial charge in [-0.2, -0.15) is 0 Å². The molecule has 2 atom stereocenters. The maximum atomic E-state index is 13.3. The van der Waals surface area contributed by atoms with Gasteiger partial charge >= 0.3 is 0 Å². The number of hydrogen-bond acceptors (Lipinski definition) is 3. The summed E-state index contributed by atoms with van der Waals surface area (Å²) in [5.41, 5.74) is 7.15. The first-order chi connectivity index (χ1) is 16.3. The van der Waals surface area contributed by atoms with E-state index in [1.165, 1.54) is 28.7 Å². The lowest BCUT2D eigenvalue weighted by Gasteiger charge is -2.37. The van der Waals surface area contributed by atoms with Gasteiger partial charge in [0.2, 0.25) is 11.8 Å². The van der Waals surface area contributed by atoms with Crippen LogP contribution < -0.4 is 10.6 Å². The smallest absolute Gasteiger partial charge is 0.228 e. The number of hydrogen-bond donors (Lipinski definition) is 2. The first-order valence-corrected chi connectivity index (χ1v) is 12.8. The number of nitrogens with one attached hydrogen (secondary N) is 2. The molecule has 182 valence electrons. The second kappa shape index (κ2) is 10.7. The number of rotatable bonds is 7. The summed E-state index contributed by atoms with van der Waals surface area (Å²) in [6, 6.07) is 12.7. The second-order valence-corrected chi connectivity index (χ2v) is 10.8. The largest absolute Gasteiger partial charge is 0.352 e. The molecule has 0 aromatic heterocycles. The molecule has 1 saturated heterocycles. The number of carbonyl (C=O) groups is 2. The van der Waals surface area contributed by atoms with Gasteiger partial charge in [0.05, 0.1) is 11.8 Å². The summed E-state index contributed by atoms with van der Waals surface area (Å²) in [6.45, 7) is 11.3. The van der Waals surface area contributed by atoms with Crippen LogP contribution in [0.15, 0.2) is 36.4 Å². The molecule has 0 bridgehead atoms. The van der Waals surface area contributed by atoms with E-state index in [-0.39, 0.29) is 23.7 Å². The van der Waals surface area contributed by atoms with Crippen LogP contribution >= 0.6 is 0 Å². The van der Waals surface area contributed by atoms with E-state index in [4.69, 9.17) is 0 Å². The minimum atomic E-state index is -0.197. The number of piperidine rings is 1. The molecule has 1 aliphatic heterocycles. The summed E-state index contributed by atoms with van der Waals surface area (Å²) in [5.74, 6) is 0.172. The third-order valence-corrected chi connectivity index (χ3v) is 7.01. The predicted octanol–water partition coefficient (Wildman–Crippen LogP) is 4.64. The van der Waals surface area contributed by atoms with E-state index in [1.807, 2.05) is 6.07 Å². The Labute approximate surface area is 204 Å². The van der Waals surface area contributed by atoms with Gasteiger partial charge in [-0.15, -0.1) is 0 Å². The summed E-state index contributed by atoms with van der Waals surface area (Å²) < 4.78 is 0. The van der Waals surface area contributed by atoms with Crippen LogP contribution in [0.1, 0.15) is 54.5 Å². The van der Waals surface area contributed by atoms with Crippen molar-refractivity contribution in [3.63, 3.8) is 0 Å². The maximum absolute atomic E-state index is 13.3. The maximum Gasteiger partial charge on any atom is 0.228 e. The monoisotopic (exact) mass is 461 g/mol. The fraction of sp³-hybridized carbons (Fsp3) is 0.517. The fourth-order valence-corrected chi connectivity index (χ4v) is 5.63. The Morgan fingerprint density at radius 3 is 2.32 bits per heavy atom. The normalized spacial score (nSPS) is 20.3. The van der Waals surface area contributed by atoms with Crippen molar-refractivity contribution >= 4 is 17.5 Å². The van der Waals surface area contributed by atoms with E-state index >= 15 is 0 Å². The van der Waals surface area contributed by atoms with Gasteiger partial charge in [0, 0.05) is 31.9 Å². The molecule has 4 rings (SSSR count). The molecule has 5 heteroatoms. The van der Waals surface area contributed by atoms with Crippen molar-refractivity contribution in [2.75, 3.05) is 25.0 Å². The zero-order valence-electron chi connectivity index (χ0n) is 21.1. The van der Waals surface area contributed by atoms with Crippen molar-refractivity contribution in [1.82, 2.24) is 10.2 Å². The quantitative estimate of drug-likeness (QED) is 0.631. The number of carbonyl (C=O) groups excluding carboxylic acids is 2. The molecule has 2 N–H and O–H groups in total. The van der Waals surface area contributed by atoms with Crippen molar-refractivity contribution < 1.29 is 9.59 Å². The molecular weight excluding hydrogens is 422 g/mol. The highest BCUT2D eigenvalue weighted by molar-refractivity contribution is 5.93. The molecule has 2 aliphatic rings. The fourth-order valence-electron chi connectivity index (χ4n) is 5.63. The van der Waals surface area contributed by atoms with Crippen molar-refractivity contribution in [2.24, 2.45) is 17.8 Å². The van der Waals surface area contributed by atoms with Crippen LogP contribution in [0.5, 0.6) is 0 Å². The van der Waals surface area contributed by atoms with E-state index in [0.717, 1.165) is 30.6 Å². The average molecular weight is 462 g/mol. The Morgan fingerprint density at radius 2 is 1.62 bits per heavy atom. The Balaban J connectivity index is 1.41. The van der Waals surface area contributed by atoms with Crippen molar-refractivity contribution in [1.29, 1.82) is 0 Å². The van der Waals surface area contributed by atoms with Crippen LogP contribution in [0.25, 0.3) is 0 Å². The Bertz CT molecular complexity index is 1030. The van der Waals surface area contributed by atoms with Gasteiger partial charge in [0.15, 0.2) is 0 Å². The predicted molar refractivity (Wildman–Crippen MR) is 138 cm³/mol. The van der Waals surface area contributed by atoms with Crippen molar-refractivity contribution in [2.45, 2.75) is 59.9 Å². The van der Waals surface area contributed by atoms with Crippen LogP contribution in [0.2, 0.25) is 0 Å². The summed E-state index contributed by atoms with van der Waals surface area (Å²) in [7, 11) is 0. The van der Waals surface area contributed by atoms with Gasteiger partial charge < -0.3 is 15.5 Å². The molecule has 1 aliphatic carbocycles. The Hall–Kier alpha value is -2.66. The Kier molecular flexibility index (Phi) is 7.72. The van der Waals surface area contributed by atoms with Gasteiger partial charge in [-0.1, -0.05) is 49.2 Å². The molecule has 2 aromatic rings. The van der Waals surface area contributed by atoms with Crippen LogP contribution in [0, 0.1) is 31.6 Å². The highest BCUT2D eigenvalue weighted by Crippen LogP contribution is 2.27. The summed E-state index contributed by atoms with van der Waals surface area (Å²) in [6.07, 6.45) is 4.01. The Morgan fingerprint density at radius 1 is 0.941 bits per heavy atom. The molecule has 0 unspecified atom stereocenters. The second-order valence-electron chi connectivity index (χ2n) is 10.8. The summed E-state index contributed by atoms with van der Waals surface area (Å²) >= 11 is 0. The zero-order chi connectivity index (χ0) is 24.2. The van der Waals surface area contributed by atoms with Gasteiger partial charge in [0.25, 0.3) is 0 Å². The zero-order valence-corrected chi connectivity index (χ0v) is 21.1. The summed E-state index contributed by atoms with van der Waals surface area (Å²) in [5, 5.41) is 6.28. The van der Waals surface area contributed by atoms with E-state index in [2.05, 4.69) is 73.6 Å². The van der Waals surface area contributed by atoms with Crippen LogP contribution in [-0.4, -0.2) is 36.3 Å². The van der Waals surface area contributed by atoms with Crippen LogP contribution in [0.3, 0.4) is 0 Å². The van der Waals surface area contributed by atoms with E-state index in [0.29, 0.717) is 32.0 Å². The van der Waals surface area contributed by atoms with E-state index in [9.17, 15) is 9.59 Å². The summed E-state index contributed by atoms with van der Waals surface area (Å²) in [4.78, 5) is 28.7. The molecule has 0 radical (unpaired) electrons. The third-order valence-electron chi connectivity index (χ3n) is 7.01. The number of benzene rings is 2. The third kappa shape index (κ3) is 6.26. The molecular formula is C29H39N3O2. The first kappa shape index (κ1) is 24.5. The number of aryl methyl sites for hydroxylation is 4. The molecule has 1 fully saturated rings. The molecule has 2 aromatic carbocycles. The minimum Gasteiger partial charge on any atom is -0.352 e. The SMILES string of the molecule is Cc1cc(C)cc(CNC(=O)[C@H]2C[C@@H](C(=O)Nc3ccc4c(c3)CCC4)CN(CC(C)C)C2)c1. The highest BCUT2D eigenvalue weighted by atomic mass is 16.2. The lowest BCUT2D eigenvalue weighted by Crippen LogP contribution is -2.50. The van der Waals surface area contributed by atoms with Gasteiger partial charge in [-0.05, 0) is 74.3 Å². The highest BCUT2D eigenvalue weighted by Gasteiger charge is 2.35. The molecule has 2 amide bonds. The number of fused-ring (bicyclic) bond motifs is 1. The molecule has 1 heterocycles. The molecule has 5 nitrogen and oxygen atoms in total. The molecule has 0 spiro atoms. The first-order valence-electron chi connectivity index (χ1n) is 12.8. The van der Waals surface area contributed by atoms with Gasteiger partial charge in [-0.25, -0.2) is 0 Å². The van der Waals surface area contributed by atoms with Crippen LogP contribution in [-0.2, 0) is 29.0 Å². The van der Waals surface area contributed by atoms with Gasteiger partial charge in [0.1, 0.15) is 0 Å².